The number of esters is 1. The summed E-state index contributed by atoms with van der Waals surface area (Å²) in [5, 5.41) is 0. The smallest absolute Gasteiger partial charge is 0.343 e. The van der Waals surface area contributed by atoms with Crippen molar-refractivity contribution in [2.45, 2.75) is 6.04 Å². The van der Waals surface area contributed by atoms with Gasteiger partial charge in [0.2, 0.25) is 5.75 Å². The number of hydrogen-bond donors (Lipinski definition) is 0. The molecule has 192 valence electrons. The fourth-order valence-corrected chi connectivity index (χ4v) is 4.13. The molecule has 1 atom stereocenters. The second-order valence-electron chi connectivity index (χ2n) is 8.01. The lowest BCUT2D eigenvalue weighted by molar-refractivity contribution is -0.119. The van der Waals surface area contributed by atoms with E-state index < -0.39 is 12.0 Å². The standard InChI is InChI=1S/C28H27NO8/c1-16-25(29(27(16)30)19-14-23(34-4)26(36-6)24(15-19)35-5)18-9-12-21(33-3)22(13-18)37-28(31)17-7-10-20(32-2)11-8-17/h7-15,25H,1H2,2-6H3/t25-/m1/s1. The minimum absolute atomic E-state index is 0.206. The van der Waals surface area contributed by atoms with Crippen LogP contribution in [0.4, 0.5) is 5.69 Å². The van der Waals surface area contributed by atoms with Gasteiger partial charge in [-0.1, -0.05) is 12.6 Å². The number of hydrogen-bond acceptors (Lipinski definition) is 8. The van der Waals surface area contributed by atoms with Crippen molar-refractivity contribution in [1.29, 1.82) is 0 Å². The van der Waals surface area contributed by atoms with E-state index in [9.17, 15) is 9.59 Å². The zero-order chi connectivity index (χ0) is 26.7. The number of carbonyl (C=O) groups excluding carboxylic acids is 2. The van der Waals surface area contributed by atoms with Crippen molar-refractivity contribution in [2.24, 2.45) is 0 Å². The second-order valence-corrected chi connectivity index (χ2v) is 8.01. The van der Waals surface area contributed by atoms with E-state index in [0.29, 0.717) is 51.1 Å². The molecule has 1 fully saturated rings. The lowest BCUT2D eigenvalue weighted by Crippen LogP contribution is -2.48. The van der Waals surface area contributed by atoms with Gasteiger partial charge in [-0.3, -0.25) is 9.69 Å². The summed E-state index contributed by atoms with van der Waals surface area (Å²) in [6.45, 7) is 3.96. The van der Waals surface area contributed by atoms with Crippen molar-refractivity contribution in [2.75, 3.05) is 40.4 Å². The third-order valence-electron chi connectivity index (χ3n) is 6.04. The fourth-order valence-electron chi connectivity index (χ4n) is 4.13. The van der Waals surface area contributed by atoms with E-state index in [1.807, 2.05) is 0 Å². The summed E-state index contributed by atoms with van der Waals surface area (Å²) in [7, 11) is 7.54. The van der Waals surface area contributed by atoms with Gasteiger partial charge in [0, 0.05) is 17.7 Å². The maximum Gasteiger partial charge on any atom is 0.343 e. The average molecular weight is 506 g/mol. The van der Waals surface area contributed by atoms with Gasteiger partial charge in [-0.05, 0) is 42.0 Å². The summed E-state index contributed by atoms with van der Waals surface area (Å²) < 4.78 is 32.5. The first-order valence-corrected chi connectivity index (χ1v) is 11.2. The quantitative estimate of drug-likeness (QED) is 0.180. The SMILES string of the molecule is C=C1C(=O)N(c2cc(OC)c(OC)c(OC)c2)[C@H]1c1ccc(OC)c(OC(=O)c2ccc(OC)cc2)c1. The first-order valence-electron chi connectivity index (χ1n) is 11.2. The van der Waals surface area contributed by atoms with E-state index in [0.717, 1.165) is 0 Å². The van der Waals surface area contributed by atoms with E-state index in [4.69, 9.17) is 28.4 Å². The number of carbonyl (C=O) groups is 2. The molecule has 0 N–H and O–H groups in total. The highest BCUT2D eigenvalue weighted by atomic mass is 16.6. The molecule has 0 aromatic heterocycles. The number of methoxy groups -OCH3 is 5. The number of benzene rings is 3. The zero-order valence-corrected chi connectivity index (χ0v) is 21.2. The summed E-state index contributed by atoms with van der Waals surface area (Å²) in [6.07, 6.45) is 0. The van der Waals surface area contributed by atoms with Crippen LogP contribution in [0, 0.1) is 0 Å². The van der Waals surface area contributed by atoms with Crippen molar-refractivity contribution in [3.8, 4) is 34.5 Å². The molecule has 1 aliphatic rings. The molecule has 3 aromatic rings. The van der Waals surface area contributed by atoms with Crippen LogP contribution in [0.5, 0.6) is 34.5 Å². The minimum Gasteiger partial charge on any atom is -0.497 e. The maximum absolute atomic E-state index is 12.9. The van der Waals surface area contributed by atoms with Gasteiger partial charge in [-0.2, -0.15) is 0 Å². The molecule has 3 aromatic carbocycles. The minimum atomic E-state index is -0.567. The van der Waals surface area contributed by atoms with Crippen molar-refractivity contribution in [3.63, 3.8) is 0 Å². The first kappa shape index (κ1) is 25.4. The Hall–Kier alpha value is -4.66. The highest BCUT2D eigenvalue weighted by molar-refractivity contribution is 6.15. The Labute approximate surface area is 214 Å². The van der Waals surface area contributed by atoms with Gasteiger partial charge in [0.1, 0.15) is 5.75 Å². The first-order chi connectivity index (χ1) is 17.9. The molecule has 4 rings (SSSR count). The van der Waals surface area contributed by atoms with Gasteiger partial charge in [-0.15, -0.1) is 0 Å². The van der Waals surface area contributed by atoms with E-state index in [1.54, 1.807) is 66.6 Å². The van der Waals surface area contributed by atoms with Crippen molar-refractivity contribution >= 4 is 17.6 Å². The molecule has 0 radical (unpaired) electrons. The van der Waals surface area contributed by atoms with Crippen LogP contribution >= 0.6 is 0 Å². The largest absolute Gasteiger partial charge is 0.497 e. The van der Waals surface area contributed by atoms with Crippen LogP contribution in [0.2, 0.25) is 0 Å². The number of ether oxygens (including phenoxy) is 6. The topological polar surface area (TPSA) is 92.8 Å². The number of amides is 1. The molecule has 0 unspecified atom stereocenters. The summed E-state index contributed by atoms with van der Waals surface area (Å²) in [4.78, 5) is 27.3. The van der Waals surface area contributed by atoms with Gasteiger partial charge < -0.3 is 28.4 Å². The van der Waals surface area contributed by atoms with E-state index in [-0.39, 0.29) is 11.7 Å². The van der Waals surface area contributed by atoms with E-state index >= 15 is 0 Å². The van der Waals surface area contributed by atoms with E-state index in [2.05, 4.69) is 6.58 Å². The lowest BCUT2D eigenvalue weighted by atomic mass is 9.88. The Morgan fingerprint density at radius 3 is 1.92 bits per heavy atom. The van der Waals surface area contributed by atoms with Crippen LogP contribution in [0.15, 0.2) is 66.7 Å². The van der Waals surface area contributed by atoms with Gasteiger partial charge >= 0.3 is 5.97 Å². The van der Waals surface area contributed by atoms with Gasteiger partial charge in [0.25, 0.3) is 5.91 Å². The Morgan fingerprint density at radius 2 is 1.38 bits per heavy atom. The number of rotatable bonds is 9. The van der Waals surface area contributed by atoms with Crippen LogP contribution in [0.3, 0.4) is 0 Å². The van der Waals surface area contributed by atoms with Crippen LogP contribution in [-0.2, 0) is 4.79 Å². The van der Waals surface area contributed by atoms with Crippen LogP contribution in [0.25, 0.3) is 0 Å². The van der Waals surface area contributed by atoms with Crippen LogP contribution in [0.1, 0.15) is 22.0 Å². The molecule has 1 aliphatic heterocycles. The molecular weight excluding hydrogens is 478 g/mol. The second kappa shape index (κ2) is 10.5. The van der Waals surface area contributed by atoms with E-state index in [1.165, 1.54) is 28.4 Å². The molecule has 0 spiro atoms. The van der Waals surface area contributed by atoms with Crippen LogP contribution < -0.4 is 33.3 Å². The van der Waals surface area contributed by atoms with Crippen LogP contribution in [-0.4, -0.2) is 47.4 Å². The molecule has 1 heterocycles. The summed E-state index contributed by atoms with van der Waals surface area (Å²) >= 11 is 0. The zero-order valence-electron chi connectivity index (χ0n) is 21.2. The Balaban J connectivity index is 1.68. The maximum atomic E-state index is 12.9. The Morgan fingerprint density at radius 1 is 0.757 bits per heavy atom. The number of β-lactam (4-membered cyclic amide) rings is 1. The Kier molecular flexibility index (Phi) is 7.24. The molecule has 9 heteroatoms. The molecule has 9 nitrogen and oxygen atoms in total. The molecule has 37 heavy (non-hydrogen) atoms. The summed E-state index contributed by atoms with van der Waals surface area (Å²) in [5.41, 5.74) is 1.93. The van der Waals surface area contributed by atoms with Gasteiger partial charge in [0.15, 0.2) is 23.0 Å². The number of nitrogens with zero attached hydrogens (tertiary/aromatic N) is 1. The third kappa shape index (κ3) is 4.63. The normalized spacial score (nSPS) is 14.5. The third-order valence-corrected chi connectivity index (χ3v) is 6.04. The van der Waals surface area contributed by atoms with Gasteiger partial charge in [0.05, 0.1) is 52.8 Å². The highest BCUT2D eigenvalue weighted by Gasteiger charge is 2.43. The predicted octanol–water partition coefficient (Wildman–Crippen LogP) is 4.59. The summed E-state index contributed by atoms with van der Waals surface area (Å²) in [6, 6.07) is 14.5. The fraction of sp³-hybridized carbons (Fsp3) is 0.214. The molecular formula is C28H27NO8. The van der Waals surface area contributed by atoms with Crippen molar-refractivity contribution in [3.05, 3.63) is 77.9 Å². The molecule has 0 bridgehead atoms. The van der Waals surface area contributed by atoms with Crippen molar-refractivity contribution < 1.29 is 38.0 Å². The number of anilines is 1. The predicted molar refractivity (Wildman–Crippen MR) is 136 cm³/mol. The summed E-state index contributed by atoms with van der Waals surface area (Å²) in [5.74, 6) is 1.59. The molecule has 1 saturated heterocycles. The molecule has 1 amide bonds. The molecule has 0 aliphatic carbocycles. The van der Waals surface area contributed by atoms with Crippen molar-refractivity contribution in [1.82, 2.24) is 0 Å². The highest BCUT2D eigenvalue weighted by Crippen LogP contribution is 2.48. The monoisotopic (exact) mass is 505 g/mol. The lowest BCUT2D eigenvalue weighted by Gasteiger charge is -2.42. The average Bonchev–Trinajstić information content (AvgIpc) is 2.94. The molecule has 0 saturated carbocycles. The van der Waals surface area contributed by atoms with Gasteiger partial charge in [-0.25, -0.2) is 4.79 Å². The Bertz CT molecular complexity index is 1320.